The maximum Gasteiger partial charge on any atom is 0.173 e. The molecule has 144 valence electrons. The minimum atomic E-state index is 0.0737. The zero-order chi connectivity index (χ0) is 20.1. The molecule has 0 atom stereocenters. The molecule has 0 bridgehead atoms. The number of thioether (sulfide) groups is 1. The van der Waals surface area contributed by atoms with Crippen LogP contribution in [0.4, 0.5) is 0 Å². The van der Waals surface area contributed by atoms with Crippen molar-refractivity contribution in [3.8, 4) is 17.1 Å². The number of nitrogens with zero attached hydrogens (tertiary/aromatic N) is 2. The lowest BCUT2D eigenvalue weighted by Gasteiger charge is -2.10. The fourth-order valence-electron chi connectivity index (χ4n) is 3.00. The Bertz CT molecular complexity index is 1130. The number of Topliss-reactive ketones (excluding diaryl/α,β-unsaturated/α-hetero) is 1. The number of ketones is 1. The molecule has 29 heavy (non-hydrogen) atoms. The van der Waals surface area contributed by atoms with Crippen molar-refractivity contribution in [2.45, 2.75) is 11.9 Å². The van der Waals surface area contributed by atoms with Gasteiger partial charge >= 0.3 is 0 Å². The molecule has 0 saturated heterocycles. The van der Waals surface area contributed by atoms with Gasteiger partial charge in [-0.3, -0.25) is 4.79 Å². The van der Waals surface area contributed by atoms with Gasteiger partial charge in [0.1, 0.15) is 10.8 Å². The standard InChI is InChI=1S/C24H20N2O2S/c1-2-28-19-13-14-21-20(15-19)24(26-23(25-21)18-11-7-4-8-12-18)29-16-22(27)17-9-5-3-6-10-17/h3-15H,2,16H2,1H3. The molecule has 5 heteroatoms. The Morgan fingerprint density at radius 3 is 2.38 bits per heavy atom. The minimum absolute atomic E-state index is 0.0737. The first-order chi connectivity index (χ1) is 14.2. The summed E-state index contributed by atoms with van der Waals surface area (Å²) in [4.78, 5) is 22.1. The van der Waals surface area contributed by atoms with E-state index >= 15 is 0 Å². The van der Waals surface area contributed by atoms with Gasteiger partial charge in [-0.05, 0) is 25.1 Å². The van der Waals surface area contributed by atoms with Gasteiger partial charge in [0.2, 0.25) is 0 Å². The Kier molecular flexibility index (Phi) is 5.86. The van der Waals surface area contributed by atoms with E-state index < -0.39 is 0 Å². The van der Waals surface area contributed by atoms with Crippen LogP contribution in [-0.2, 0) is 0 Å². The van der Waals surface area contributed by atoms with Gasteiger partial charge in [-0.25, -0.2) is 9.97 Å². The topological polar surface area (TPSA) is 52.1 Å². The molecule has 0 aliphatic carbocycles. The zero-order valence-electron chi connectivity index (χ0n) is 16.0. The van der Waals surface area contributed by atoms with Crippen LogP contribution in [0.3, 0.4) is 0 Å². The fraction of sp³-hybridized carbons (Fsp3) is 0.125. The molecule has 0 spiro atoms. The minimum Gasteiger partial charge on any atom is -0.494 e. The monoisotopic (exact) mass is 400 g/mol. The predicted molar refractivity (Wildman–Crippen MR) is 118 cm³/mol. The summed E-state index contributed by atoms with van der Waals surface area (Å²) < 4.78 is 5.65. The quantitative estimate of drug-likeness (QED) is 0.227. The summed E-state index contributed by atoms with van der Waals surface area (Å²) in [6.45, 7) is 2.54. The number of hydrogen-bond donors (Lipinski definition) is 0. The lowest BCUT2D eigenvalue weighted by molar-refractivity contribution is 0.102. The Morgan fingerprint density at radius 2 is 1.66 bits per heavy atom. The second-order valence-corrected chi connectivity index (χ2v) is 7.37. The van der Waals surface area contributed by atoms with Crippen molar-refractivity contribution < 1.29 is 9.53 Å². The third-order valence-corrected chi connectivity index (χ3v) is 5.40. The number of fused-ring (bicyclic) bond motifs is 1. The van der Waals surface area contributed by atoms with Gasteiger partial charge in [0.05, 0.1) is 17.9 Å². The van der Waals surface area contributed by atoms with Crippen LogP contribution in [0.2, 0.25) is 0 Å². The molecule has 0 radical (unpaired) electrons. The van der Waals surface area contributed by atoms with Crippen molar-refractivity contribution in [3.63, 3.8) is 0 Å². The van der Waals surface area contributed by atoms with Crippen molar-refractivity contribution in [2.24, 2.45) is 0 Å². The average Bonchev–Trinajstić information content (AvgIpc) is 2.78. The SMILES string of the molecule is CCOc1ccc2nc(-c3ccccc3)nc(SCC(=O)c3ccccc3)c2c1. The van der Waals surface area contributed by atoms with E-state index in [9.17, 15) is 4.79 Å². The number of carbonyl (C=O) groups excluding carboxylic acids is 1. The van der Waals surface area contributed by atoms with Crippen LogP contribution in [0.5, 0.6) is 5.75 Å². The van der Waals surface area contributed by atoms with Gasteiger partial charge in [-0.1, -0.05) is 72.4 Å². The highest BCUT2D eigenvalue weighted by Gasteiger charge is 2.14. The maximum absolute atomic E-state index is 12.6. The summed E-state index contributed by atoms with van der Waals surface area (Å²) in [6.07, 6.45) is 0. The van der Waals surface area contributed by atoms with Gasteiger partial charge in [-0.15, -0.1) is 0 Å². The molecular weight excluding hydrogens is 380 g/mol. The Morgan fingerprint density at radius 1 is 0.931 bits per heavy atom. The van der Waals surface area contributed by atoms with Crippen molar-refractivity contribution in [3.05, 3.63) is 84.4 Å². The fourth-order valence-corrected chi connectivity index (χ4v) is 3.91. The number of carbonyl (C=O) groups is 1. The maximum atomic E-state index is 12.6. The molecule has 0 N–H and O–H groups in total. The van der Waals surface area contributed by atoms with E-state index in [-0.39, 0.29) is 5.78 Å². The normalized spacial score (nSPS) is 10.8. The van der Waals surface area contributed by atoms with E-state index in [2.05, 4.69) is 0 Å². The Balaban J connectivity index is 1.72. The molecule has 0 saturated carbocycles. The van der Waals surface area contributed by atoms with Gasteiger partial charge in [0.15, 0.2) is 11.6 Å². The van der Waals surface area contributed by atoms with E-state index in [1.165, 1.54) is 11.8 Å². The summed E-state index contributed by atoms with van der Waals surface area (Å²) in [5.41, 5.74) is 2.48. The van der Waals surface area contributed by atoms with Crippen molar-refractivity contribution in [2.75, 3.05) is 12.4 Å². The van der Waals surface area contributed by atoms with Gasteiger partial charge in [-0.2, -0.15) is 0 Å². The molecule has 0 amide bonds. The molecular formula is C24H20N2O2S. The highest BCUT2D eigenvalue weighted by Crippen LogP contribution is 2.31. The molecule has 3 aromatic carbocycles. The summed E-state index contributed by atoms with van der Waals surface area (Å²) >= 11 is 1.43. The lowest BCUT2D eigenvalue weighted by Crippen LogP contribution is -2.03. The molecule has 4 aromatic rings. The summed E-state index contributed by atoms with van der Waals surface area (Å²) in [6, 6.07) is 25.0. The number of ether oxygens (including phenoxy) is 1. The molecule has 4 nitrogen and oxygen atoms in total. The van der Waals surface area contributed by atoms with Crippen LogP contribution in [0, 0.1) is 0 Å². The molecule has 0 fully saturated rings. The molecule has 0 aliphatic rings. The van der Waals surface area contributed by atoms with E-state index in [1.54, 1.807) is 0 Å². The molecule has 1 aromatic heterocycles. The molecule has 0 unspecified atom stereocenters. The third kappa shape index (κ3) is 4.46. The number of benzene rings is 3. The van der Waals surface area contributed by atoms with Gasteiger partial charge < -0.3 is 4.74 Å². The second kappa shape index (κ2) is 8.88. The van der Waals surface area contributed by atoms with Crippen LogP contribution >= 0.6 is 11.8 Å². The zero-order valence-corrected chi connectivity index (χ0v) is 16.9. The summed E-state index contributed by atoms with van der Waals surface area (Å²) in [5.74, 6) is 1.80. The molecule has 4 rings (SSSR count). The first kappa shape index (κ1) is 19.2. The Hall–Kier alpha value is -3.18. The van der Waals surface area contributed by atoms with E-state index in [0.29, 0.717) is 23.7 Å². The first-order valence-corrected chi connectivity index (χ1v) is 10.4. The number of aromatic nitrogens is 2. The first-order valence-electron chi connectivity index (χ1n) is 9.45. The largest absolute Gasteiger partial charge is 0.494 e. The third-order valence-electron chi connectivity index (χ3n) is 4.41. The van der Waals surface area contributed by atoms with Crippen LogP contribution < -0.4 is 4.74 Å². The summed E-state index contributed by atoms with van der Waals surface area (Å²) in [7, 11) is 0. The van der Waals surface area contributed by atoms with Gasteiger partial charge in [0, 0.05) is 16.5 Å². The van der Waals surface area contributed by atoms with E-state index in [4.69, 9.17) is 14.7 Å². The lowest BCUT2D eigenvalue weighted by atomic mass is 10.2. The number of rotatable bonds is 7. The second-order valence-electron chi connectivity index (χ2n) is 6.41. The number of hydrogen-bond acceptors (Lipinski definition) is 5. The van der Waals surface area contributed by atoms with Crippen LogP contribution in [0.15, 0.2) is 83.9 Å². The van der Waals surface area contributed by atoms with Crippen LogP contribution in [0.1, 0.15) is 17.3 Å². The van der Waals surface area contributed by atoms with Gasteiger partial charge in [0.25, 0.3) is 0 Å². The van der Waals surface area contributed by atoms with Crippen LogP contribution in [0.25, 0.3) is 22.3 Å². The summed E-state index contributed by atoms with van der Waals surface area (Å²) in [5, 5.41) is 1.67. The molecule has 1 heterocycles. The molecule has 0 aliphatic heterocycles. The highest BCUT2D eigenvalue weighted by molar-refractivity contribution is 8.00. The van der Waals surface area contributed by atoms with E-state index in [0.717, 1.165) is 27.2 Å². The highest BCUT2D eigenvalue weighted by atomic mass is 32.2. The average molecular weight is 401 g/mol. The van der Waals surface area contributed by atoms with Crippen molar-refractivity contribution in [1.82, 2.24) is 9.97 Å². The smallest absolute Gasteiger partial charge is 0.173 e. The van der Waals surface area contributed by atoms with Crippen molar-refractivity contribution >= 4 is 28.4 Å². The van der Waals surface area contributed by atoms with Crippen LogP contribution in [-0.4, -0.2) is 28.1 Å². The predicted octanol–water partition coefficient (Wildman–Crippen LogP) is 5.67. The Labute approximate surface area is 174 Å². The van der Waals surface area contributed by atoms with Crippen molar-refractivity contribution in [1.29, 1.82) is 0 Å². The van der Waals surface area contributed by atoms with E-state index in [1.807, 2.05) is 85.8 Å².